The van der Waals surface area contributed by atoms with Gasteiger partial charge in [-0.25, -0.2) is 0 Å². The molecule has 1 aromatic carbocycles. The number of aromatic nitrogens is 1. The van der Waals surface area contributed by atoms with Crippen molar-refractivity contribution in [3.8, 4) is 11.1 Å². The molecule has 1 heterocycles. The highest BCUT2D eigenvalue weighted by Gasteiger charge is 2.28. The number of hydrogen-bond acceptors (Lipinski definition) is 3. The Balaban J connectivity index is 2.00. The van der Waals surface area contributed by atoms with Gasteiger partial charge in [0, 0.05) is 16.0 Å². The predicted octanol–water partition coefficient (Wildman–Crippen LogP) is 4.98. The molecule has 0 amide bonds. The molecule has 2 N–H and O–H groups in total. The normalized spacial score (nSPS) is 22.9. The number of benzene rings is 1. The first-order valence-electron chi connectivity index (χ1n) is 7.16. The number of rotatable bonds is 2. The topological polar surface area (TPSA) is 52.0 Å². The van der Waals surface area contributed by atoms with E-state index in [0.717, 1.165) is 40.1 Å². The summed E-state index contributed by atoms with van der Waals surface area (Å²) in [6, 6.07) is 8.09. The maximum absolute atomic E-state index is 6.05. The monoisotopic (exact) mass is 334 g/mol. The third kappa shape index (κ3) is 2.49. The zero-order valence-corrected chi connectivity index (χ0v) is 13.2. The first kappa shape index (κ1) is 13.7. The molecular formula is C16H19BrN2O. The van der Waals surface area contributed by atoms with Crippen molar-refractivity contribution >= 4 is 21.7 Å². The molecule has 0 unspecified atom stereocenters. The number of anilines is 1. The first-order chi connectivity index (χ1) is 9.66. The Kier molecular flexibility index (Phi) is 3.83. The summed E-state index contributed by atoms with van der Waals surface area (Å²) in [7, 11) is 0. The Hall–Kier alpha value is -1.29. The molecule has 0 aliphatic heterocycles. The second-order valence-corrected chi connectivity index (χ2v) is 6.60. The molecule has 4 heteroatoms. The second kappa shape index (κ2) is 5.60. The van der Waals surface area contributed by atoms with Crippen molar-refractivity contribution < 1.29 is 4.52 Å². The predicted molar refractivity (Wildman–Crippen MR) is 84.4 cm³/mol. The summed E-state index contributed by atoms with van der Waals surface area (Å²) < 4.78 is 6.61. The van der Waals surface area contributed by atoms with E-state index in [9.17, 15) is 0 Å². The number of hydrogen-bond donors (Lipinski definition) is 1. The van der Waals surface area contributed by atoms with Crippen molar-refractivity contribution in [2.45, 2.75) is 38.5 Å². The van der Waals surface area contributed by atoms with Crippen molar-refractivity contribution in [3.63, 3.8) is 0 Å². The fraction of sp³-hybridized carbons (Fsp3) is 0.438. The van der Waals surface area contributed by atoms with Gasteiger partial charge in [-0.05, 0) is 24.8 Å². The van der Waals surface area contributed by atoms with E-state index in [4.69, 9.17) is 10.3 Å². The van der Waals surface area contributed by atoms with E-state index >= 15 is 0 Å². The molecule has 2 aromatic rings. The highest BCUT2D eigenvalue weighted by atomic mass is 79.9. The second-order valence-electron chi connectivity index (χ2n) is 5.74. The summed E-state index contributed by atoms with van der Waals surface area (Å²) >= 11 is 3.59. The molecule has 3 rings (SSSR count). The molecule has 0 atom stereocenters. The number of nitrogens with zero attached hydrogens (tertiary/aromatic N) is 1. The molecule has 106 valence electrons. The van der Waals surface area contributed by atoms with Crippen molar-refractivity contribution in [1.82, 2.24) is 5.16 Å². The van der Waals surface area contributed by atoms with Gasteiger partial charge in [-0.3, -0.25) is 0 Å². The Bertz CT molecular complexity index is 600. The molecule has 0 saturated heterocycles. The summed E-state index contributed by atoms with van der Waals surface area (Å²) in [6.45, 7) is 2.32. The van der Waals surface area contributed by atoms with E-state index in [1.54, 1.807) is 0 Å². The van der Waals surface area contributed by atoms with Gasteiger partial charge in [-0.15, -0.1) is 0 Å². The summed E-state index contributed by atoms with van der Waals surface area (Å²) in [5, 5.41) is 4.01. The van der Waals surface area contributed by atoms with E-state index in [1.807, 2.05) is 18.2 Å². The molecule has 1 saturated carbocycles. The molecule has 1 aliphatic carbocycles. The van der Waals surface area contributed by atoms with E-state index in [-0.39, 0.29) is 0 Å². The van der Waals surface area contributed by atoms with Crippen molar-refractivity contribution in [3.05, 3.63) is 34.5 Å². The van der Waals surface area contributed by atoms with Crippen molar-refractivity contribution in [2.24, 2.45) is 5.92 Å². The van der Waals surface area contributed by atoms with E-state index < -0.39 is 0 Å². The van der Waals surface area contributed by atoms with Crippen LogP contribution in [0, 0.1) is 5.92 Å². The summed E-state index contributed by atoms with van der Waals surface area (Å²) in [5.41, 5.74) is 8.09. The highest BCUT2D eigenvalue weighted by Crippen LogP contribution is 2.43. The maximum atomic E-state index is 6.05. The fourth-order valence-electron chi connectivity index (χ4n) is 3.05. The van der Waals surface area contributed by atoms with Crippen LogP contribution in [0.1, 0.15) is 44.3 Å². The Labute approximate surface area is 127 Å². The largest absolute Gasteiger partial charge is 0.380 e. The third-order valence-corrected chi connectivity index (χ3v) is 4.97. The van der Waals surface area contributed by atoms with Gasteiger partial charge < -0.3 is 10.3 Å². The summed E-state index contributed by atoms with van der Waals surface area (Å²) in [4.78, 5) is 0. The van der Waals surface area contributed by atoms with Crippen LogP contribution >= 0.6 is 15.9 Å². The van der Waals surface area contributed by atoms with Gasteiger partial charge >= 0.3 is 0 Å². The molecule has 0 spiro atoms. The van der Waals surface area contributed by atoms with Crippen LogP contribution in [0.25, 0.3) is 11.1 Å². The van der Waals surface area contributed by atoms with E-state index in [1.165, 1.54) is 12.8 Å². The summed E-state index contributed by atoms with van der Waals surface area (Å²) in [6.07, 6.45) is 4.82. The van der Waals surface area contributed by atoms with Gasteiger partial charge in [-0.1, -0.05) is 59.1 Å². The van der Waals surface area contributed by atoms with Crippen LogP contribution in [0.5, 0.6) is 0 Å². The zero-order chi connectivity index (χ0) is 14.1. The van der Waals surface area contributed by atoms with E-state index in [0.29, 0.717) is 11.7 Å². The van der Waals surface area contributed by atoms with Crippen LogP contribution in [-0.2, 0) is 0 Å². The number of halogens is 1. The molecule has 3 nitrogen and oxygen atoms in total. The number of nitrogen functional groups attached to an aromatic ring is 1. The van der Waals surface area contributed by atoms with Gasteiger partial charge in [-0.2, -0.15) is 0 Å². The van der Waals surface area contributed by atoms with Crippen molar-refractivity contribution in [1.29, 1.82) is 0 Å². The Morgan fingerprint density at radius 2 is 1.90 bits per heavy atom. The molecule has 1 fully saturated rings. The lowest BCUT2D eigenvalue weighted by molar-refractivity contribution is 0.289. The van der Waals surface area contributed by atoms with Crippen LogP contribution in [0.4, 0.5) is 5.82 Å². The molecule has 0 bridgehead atoms. The van der Waals surface area contributed by atoms with Gasteiger partial charge in [0.25, 0.3) is 0 Å². The smallest absolute Gasteiger partial charge is 0.175 e. The fourth-order valence-corrected chi connectivity index (χ4v) is 3.53. The first-order valence-corrected chi connectivity index (χ1v) is 7.96. The van der Waals surface area contributed by atoms with Gasteiger partial charge in [0.1, 0.15) is 5.76 Å². The maximum Gasteiger partial charge on any atom is 0.175 e. The number of nitrogens with two attached hydrogens (primary N) is 1. The minimum Gasteiger partial charge on any atom is -0.380 e. The Morgan fingerprint density at radius 3 is 2.60 bits per heavy atom. The SMILES string of the molecule is CC1CCC(c2onc(N)c2-c2ccccc2Br)CC1. The Morgan fingerprint density at radius 1 is 1.20 bits per heavy atom. The molecule has 20 heavy (non-hydrogen) atoms. The molecule has 1 aliphatic rings. The van der Waals surface area contributed by atoms with E-state index in [2.05, 4.69) is 34.1 Å². The average molecular weight is 335 g/mol. The van der Waals surface area contributed by atoms with Gasteiger partial charge in [0.15, 0.2) is 5.82 Å². The van der Waals surface area contributed by atoms with Crippen LogP contribution in [-0.4, -0.2) is 5.16 Å². The lowest BCUT2D eigenvalue weighted by Gasteiger charge is -2.25. The zero-order valence-electron chi connectivity index (χ0n) is 11.6. The minimum absolute atomic E-state index is 0.443. The van der Waals surface area contributed by atoms with Crippen LogP contribution in [0.2, 0.25) is 0 Å². The van der Waals surface area contributed by atoms with Crippen molar-refractivity contribution in [2.75, 3.05) is 5.73 Å². The van der Waals surface area contributed by atoms with Crippen LogP contribution < -0.4 is 5.73 Å². The van der Waals surface area contributed by atoms with Gasteiger partial charge in [0.2, 0.25) is 0 Å². The highest BCUT2D eigenvalue weighted by molar-refractivity contribution is 9.10. The third-order valence-electron chi connectivity index (χ3n) is 4.27. The molecule has 1 aromatic heterocycles. The standard InChI is InChI=1S/C16H19BrN2O/c1-10-6-8-11(9-7-10)15-14(16(18)19-20-15)12-4-2-3-5-13(12)17/h2-5,10-11H,6-9H2,1H3,(H2,18,19). The summed E-state index contributed by atoms with van der Waals surface area (Å²) in [5.74, 6) is 2.71. The van der Waals surface area contributed by atoms with Crippen LogP contribution in [0.3, 0.4) is 0 Å². The molecule has 0 radical (unpaired) electrons. The minimum atomic E-state index is 0.443. The van der Waals surface area contributed by atoms with Gasteiger partial charge in [0.05, 0.1) is 5.56 Å². The quantitative estimate of drug-likeness (QED) is 0.842. The lowest BCUT2D eigenvalue weighted by Crippen LogP contribution is -2.11. The average Bonchev–Trinajstić information content (AvgIpc) is 2.82. The van der Waals surface area contributed by atoms with Crippen LogP contribution in [0.15, 0.2) is 33.3 Å². The lowest BCUT2D eigenvalue weighted by atomic mass is 9.80. The molecular weight excluding hydrogens is 316 g/mol.